The number of thioether (sulfide) groups is 1. The van der Waals surface area contributed by atoms with Gasteiger partial charge in [-0.15, -0.1) is 0 Å². The van der Waals surface area contributed by atoms with Crippen LogP contribution < -0.4 is 5.73 Å². The molecule has 0 radical (unpaired) electrons. The summed E-state index contributed by atoms with van der Waals surface area (Å²) < 4.78 is 0. The Hall–Kier alpha value is -0.670. The second-order valence-electron chi connectivity index (χ2n) is 4.09. The van der Waals surface area contributed by atoms with Crippen molar-refractivity contribution in [2.45, 2.75) is 30.6 Å². The number of nitrogens with two attached hydrogens (primary N) is 1. The third-order valence-electron chi connectivity index (χ3n) is 2.82. The summed E-state index contributed by atoms with van der Waals surface area (Å²) in [6.45, 7) is 0. The lowest BCUT2D eigenvalue weighted by molar-refractivity contribution is 0.474. The molecule has 82 valence electrons. The summed E-state index contributed by atoms with van der Waals surface area (Å²) in [5, 5.41) is 9.95. The number of hydrogen-bond donors (Lipinski definition) is 2. The van der Waals surface area contributed by atoms with Gasteiger partial charge in [-0.25, -0.2) is 0 Å². The Labute approximate surface area is 94.9 Å². The molecule has 1 aliphatic rings. The molecular formula is C12H17NOS. The normalized spacial score (nSPS) is 22.9. The molecule has 0 bridgehead atoms. The molecule has 3 heteroatoms. The van der Waals surface area contributed by atoms with Gasteiger partial charge in [0.15, 0.2) is 0 Å². The van der Waals surface area contributed by atoms with E-state index in [1.807, 2.05) is 23.9 Å². The van der Waals surface area contributed by atoms with Gasteiger partial charge in [-0.05, 0) is 42.7 Å². The van der Waals surface area contributed by atoms with Crippen LogP contribution in [-0.4, -0.2) is 22.2 Å². The maximum absolute atomic E-state index is 9.35. The minimum absolute atomic E-state index is 0.222. The van der Waals surface area contributed by atoms with Gasteiger partial charge in [-0.1, -0.05) is 12.1 Å². The first-order chi connectivity index (χ1) is 7.25. The van der Waals surface area contributed by atoms with Gasteiger partial charge in [0.05, 0.1) is 0 Å². The molecule has 2 nitrogen and oxygen atoms in total. The van der Waals surface area contributed by atoms with E-state index in [0.717, 1.165) is 12.0 Å². The highest BCUT2D eigenvalue weighted by Crippen LogP contribution is 2.29. The molecule has 2 unspecified atom stereocenters. The fraction of sp³-hybridized carbons (Fsp3) is 0.500. The minimum atomic E-state index is 0.222. The number of phenolic OH excluding ortho intramolecular Hbond substituents is 1. The lowest BCUT2D eigenvalue weighted by Crippen LogP contribution is -2.32. The minimum Gasteiger partial charge on any atom is -0.508 e. The van der Waals surface area contributed by atoms with E-state index in [9.17, 15) is 5.11 Å². The summed E-state index contributed by atoms with van der Waals surface area (Å²) in [5.41, 5.74) is 7.29. The topological polar surface area (TPSA) is 46.2 Å². The Bertz CT molecular complexity index is 323. The largest absolute Gasteiger partial charge is 0.508 e. The first-order valence-electron chi connectivity index (χ1n) is 5.41. The number of aromatic hydroxyl groups is 1. The predicted molar refractivity (Wildman–Crippen MR) is 65.3 cm³/mol. The Morgan fingerprint density at radius 1 is 1.53 bits per heavy atom. The highest BCUT2D eigenvalue weighted by Gasteiger charge is 2.22. The van der Waals surface area contributed by atoms with Gasteiger partial charge in [0.25, 0.3) is 0 Å². The van der Waals surface area contributed by atoms with Crippen molar-refractivity contribution in [3.05, 3.63) is 29.8 Å². The zero-order chi connectivity index (χ0) is 10.7. The molecule has 15 heavy (non-hydrogen) atoms. The molecule has 2 atom stereocenters. The molecule has 1 aliphatic heterocycles. The van der Waals surface area contributed by atoms with Crippen molar-refractivity contribution in [1.82, 2.24) is 0 Å². The van der Waals surface area contributed by atoms with Gasteiger partial charge in [0.1, 0.15) is 5.75 Å². The van der Waals surface area contributed by atoms with E-state index < -0.39 is 0 Å². The summed E-state index contributed by atoms with van der Waals surface area (Å²) in [7, 11) is 0. The lowest BCUT2D eigenvalue weighted by Gasteiger charge is -2.18. The average molecular weight is 223 g/mol. The van der Waals surface area contributed by atoms with Gasteiger partial charge in [0, 0.05) is 11.3 Å². The van der Waals surface area contributed by atoms with Crippen molar-refractivity contribution in [3.8, 4) is 5.75 Å². The number of phenols is 1. The van der Waals surface area contributed by atoms with E-state index in [4.69, 9.17) is 5.73 Å². The first-order valence-corrected chi connectivity index (χ1v) is 6.45. The SMILES string of the molecule is NC(Cc1cccc(O)c1)C1CCCS1. The first kappa shape index (κ1) is 10.8. The van der Waals surface area contributed by atoms with Crippen molar-refractivity contribution < 1.29 is 5.11 Å². The maximum Gasteiger partial charge on any atom is 0.115 e. The van der Waals surface area contributed by atoms with Crippen molar-refractivity contribution in [1.29, 1.82) is 0 Å². The van der Waals surface area contributed by atoms with Crippen LogP contribution in [0.15, 0.2) is 24.3 Å². The molecule has 0 spiro atoms. The fourth-order valence-corrected chi connectivity index (χ4v) is 3.34. The van der Waals surface area contributed by atoms with Crippen molar-refractivity contribution in [3.63, 3.8) is 0 Å². The zero-order valence-electron chi connectivity index (χ0n) is 8.73. The highest BCUT2D eigenvalue weighted by molar-refractivity contribution is 8.00. The molecule has 1 aromatic rings. The monoisotopic (exact) mass is 223 g/mol. The van der Waals surface area contributed by atoms with E-state index in [1.165, 1.54) is 18.6 Å². The molecule has 0 aliphatic carbocycles. The molecular weight excluding hydrogens is 206 g/mol. The number of benzene rings is 1. The van der Waals surface area contributed by atoms with Crippen LogP contribution in [0.25, 0.3) is 0 Å². The summed E-state index contributed by atoms with van der Waals surface area (Å²) in [5.74, 6) is 1.58. The Morgan fingerprint density at radius 2 is 2.40 bits per heavy atom. The van der Waals surface area contributed by atoms with Crippen molar-refractivity contribution in [2.24, 2.45) is 5.73 Å². The lowest BCUT2D eigenvalue weighted by atomic mass is 10.0. The molecule has 2 rings (SSSR count). The molecule has 3 N–H and O–H groups in total. The van der Waals surface area contributed by atoms with Gasteiger partial charge in [-0.3, -0.25) is 0 Å². The van der Waals surface area contributed by atoms with Crippen LogP contribution in [0.1, 0.15) is 18.4 Å². The number of rotatable bonds is 3. The molecule has 1 saturated heterocycles. The second kappa shape index (κ2) is 4.90. The highest BCUT2D eigenvalue weighted by atomic mass is 32.2. The Kier molecular flexibility index (Phi) is 3.54. The van der Waals surface area contributed by atoms with E-state index in [1.54, 1.807) is 12.1 Å². The maximum atomic E-state index is 9.35. The van der Waals surface area contributed by atoms with Crippen LogP contribution in [0.3, 0.4) is 0 Å². The van der Waals surface area contributed by atoms with Crippen LogP contribution >= 0.6 is 11.8 Å². The molecule has 0 amide bonds. The van der Waals surface area contributed by atoms with Gasteiger partial charge in [-0.2, -0.15) is 11.8 Å². The molecule has 0 aromatic heterocycles. The van der Waals surface area contributed by atoms with Crippen molar-refractivity contribution >= 4 is 11.8 Å². The van der Waals surface area contributed by atoms with Gasteiger partial charge >= 0.3 is 0 Å². The Balaban J connectivity index is 1.95. The summed E-state index contributed by atoms with van der Waals surface area (Å²) in [6, 6.07) is 7.62. The van der Waals surface area contributed by atoms with E-state index in [2.05, 4.69) is 0 Å². The Morgan fingerprint density at radius 3 is 3.07 bits per heavy atom. The van der Waals surface area contributed by atoms with Crippen LogP contribution in [0.5, 0.6) is 5.75 Å². The zero-order valence-corrected chi connectivity index (χ0v) is 9.54. The van der Waals surface area contributed by atoms with Gasteiger partial charge < -0.3 is 10.8 Å². The fourth-order valence-electron chi connectivity index (χ4n) is 2.03. The summed E-state index contributed by atoms with van der Waals surface area (Å²) in [4.78, 5) is 0. The summed E-state index contributed by atoms with van der Waals surface area (Å²) in [6.07, 6.45) is 3.40. The van der Waals surface area contributed by atoms with Crippen LogP contribution in [0.4, 0.5) is 0 Å². The molecule has 1 fully saturated rings. The molecule has 0 saturated carbocycles. The smallest absolute Gasteiger partial charge is 0.115 e. The third kappa shape index (κ3) is 2.89. The predicted octanol–water partition coefficient (Wildman–Crippen LogP) is 2.16. The quantitative estimate of drug-likeness (QED) is 0.825. The number of hydrogen-bond acceptors (Lipinski definition) is 3. The van der Waals surface area contributed by atoms with E-state index >= 15 is 0 Å². The average Bonchev–Trinajstić information content (AvgIpc) is 2.70. The van der Waals surface area contributed by atoms with Crippen LogP contribution in [0.2, 0.25) is 0 Å². The molecule has 1 aromatic carbocycles. The van der Waals surface area contributed by atoms with Crippen LogP contribution in [0, 0.1) is 0 Å². The molecule has 1 heterocycles. The van der Waals surface area contributed by atoms with Gasteiger partial charge in [0.2, 0.25) is 0 Å². The van der Waals surface area contributed by atoms with E-state index in [-0.39, 0.29) is 6.04 Å². The van der Waals surface area contributed by atoms with Crippen LogP contribution in [-0.2, 0) is 6.42 Å². The standard InChI is InChI=1S/C12H17NOS/c13-11(12-5-2-6-15-12)8-9-3-1-4-10(14)7-9/h1,3-4,7,11-12,14H,2,5-6,8,13H2. The third-order valence-corrected chi connectivity index (χ3v) is 4.36. The summed E-state index contributed by atoms with van der Waals surface area (Å²) >= 11 is 1.99. The van der Waals surface area contributed by atoms with Crippen molar-refractivity contribution in [2.75, 3.05) is 5.75 Å². The second-order valence-corrected chi connectivity index (χ2v) is 5.44. The van der Waals surface area contributed by atoms with E-state index in [0.29, 0.717) is 11.0 Å².